The molecular formula is C13H20N2O2. The van der Waals surface area contributed by atoms with Crippen LogP contribution in [-0.4, -0.2) is 18.5 Å². The van der Waals surface area contributed by atoms with Gasteiger partial charge in [-0.1, -0.05) is 6.42 Å². The summed E-state index contributed by atoms with van der Waals surface area (Å²) in [5.41, 5.74) is 0. The lowest BCUT2D eigenvalue weighted by atomic mass is 10.0. The van der Waals surface area contributed by atoms with Gasteiger partial charge in [-0.2, -0.15) is 0 Å². The van der Waals surface area contributed by atoms with E-state index in [0.717, 1.165) is 37.3 Å². The molecule has 2 atom stereocenters. The van der Waals surface area contributed by atoms with Crippen molar-refractivity contribution in [1.82, 2.24) is 10.6 Å². The lowest BCUT2D eigenvalue weighted by Crippen LogP contribution is -2.47. The monoisotopic (exact) mass is 236 g/mol. The molecule has 1 aromatic heterocycles. The van der Waals surface area contributed by atoms with Crippen LogP contribution in [-0.2, 0) is 4.79 Å². The number of amides is 1. The second kappa shape index (κ2) is 5.36. The van der Waals surface area contributed by atoms with Gasteiger partial charge in [0.05, 0.1) is 12.1 Å². The van der Waals surface area contributed by atoms with Gasteiger partial charge < -0.3 is 15.1 Å². The van der Waals surface area contributed by atoms with E-state index in [2.05, 4.69) is 10.6 Å². The van der Waals surface area contributed by atoms with Crippen molar-refractivity contribution in [3.8, 4) is 0 Å². The molecule has 0 radical (unpaired) electrons. The van der Waals surface area contributed by atoms with Crippen molar-refractivity contribution in [3.63, 3.8) is 0 Å². The minimum atomic E-state index is -0.0695. The Morgan fingerprint density at radius 2 is 2.35 bits per heavy atom. The molecule has 4 nitrogen and oxygen atoms in total. The zero-order valence-electron chi connectivity index (χ0n) is 10.5. The van der Waals surface area contributed by atoms with Crippen LogP contribution >= 0.6 is 0 Å². The molecule has 94 valence electrons. The summed E-state index contributed by atoms with van der Waals surface area (Å²) in [6.45, 7) is 4.78. The topological polar surface area (TPSA) is 54.3 Å². The van der Waals surface area contributed by atoms with Crippen LogP contribution in [0.4, 0.5) is 0 Å². The lowest BCUT2D eigenvalue weighted by Gasteiger charge is -2.24. The maximum absolute atomic E-state index is 12.0. The van der Waals surface area contributed by atoms with Gasteiger partial charge in [0, 0.05) is 0 Å². The molecule has 0 saturated carbocycles. The van der Waals surface area contributed by atoms with Crippen LogP contribution in [0.15, 0.2) is 16.5 Å². The summed E-state index contributed by atoms with van der Waals surface area (Å²) >= 11 is 0. The van der Waals surface area contributed by atoms with Crippen molar-refractivity contribution in [2.24, 2.45) is 0 Å². The molecule has 17 heavy (non-hydrogen) atoms. The molecule has 1 aromatic rings. The molecule has 2 rings (SSSR count). The molecule has 2 N–H and O–H groups in total. The first-order valence-corrected chi connectivity index (χ1v) is 6.27. The number of piperidine rings is 1. The highest BCUT2D eigenvalue weighted by molar-refractivity contribution is 5.82. The van der Waals surface area contributed by atoms with E-state index in [1.165, 1.54) is 0 Å². The van der Waals surface area contributed by atoms with E-state index in [1.807, 2.05) is 26.0 Å². The van der Waals surface area contributed by atoms with Gasteiger partial charge in [-0.25, -0.2) is 0 Å². The number of hydrogen-bond acceptors (Lipinski definition) is 3. The van der Waals surface area contributed by atoms with Crippen LogP contribution in [0.3, 0.4) is 0 Å². The number of carbonyl (C=O) groups excluding carboxylic acids is 1. The Hall–Kier alpha value is -1.29. The highest BCUT2D eigenvalue weighted by Crippen LogP contribution is 2.16. The zero-order valence-corrected chi connectivity index (χ0v) is 10.5. The van der Waals surface area contributed by atoms with E-state index in [9.17, 15) is 4.79 Å². The van der Waals surface area contributed by atoms with Gasteiger partial charge in [0.1, 0.15) is 11.5 Å². The number of rotatable bonds is 3. The fourth-order valence-corrected chi connectivity index (χ4v) is 2.15. The average molecular weight is 236 g/mol. The van der Waals surface area contributed by atoms with Gasteiger partial charge in [-0.05, 0) is 45.4 Å². The maximum Gasteiger partial charge on any atom is 0.237 e. The Labute approximate surface area is 102 Å². The first-order chi connectivity index (χ1) is 8.16. The first-order valence-electron chi connectivity index (χ1n) is 6.27. The summed E-state index contributed by atoms with van der Waals surface area (Å²) in [4.78, 5) is 12.0. The Bertz CT molecular complexity index is 381. The zero-order chi connectivity index (χ0) is 12.3. The van der Waals surface area contributed by atoms with E-state index in [0.29, 0.717) is 0 Å². The lowest BCUT2D eigenvalue weighted by molar-refractivity contribution is -0.124. The van der Waals surface area contributed by atoms with Crippen molar-refractivity contribution in [2.45, 2.75) is 45.2 Å². The van der Waals surface area contributed by atoms with Gasteiger partial charge in [0.2, 0.25) is 5.91 Å². The van der Waals surface area contributed by atoms with Crippen molar-refractivity contribution < 1.29 is 9.21 Å². The number of carbonyl (C=O) groups is 1. The van der Waals surface area contributed by atoms with Crippen LogP contribution in [0.1, 0.15) is 43.7 Å². The summed E-state index contributed by atoms with van der Waals surface area (Å²) in [7, 11) is 0. The maximum atomic E-state index is 12.0. The Kier molecular flexibility index (Phi) is 3.84. The SMILES string of the molecule is Cc1ccc(C(C)NC(=O)C2CCCCN2)o1. The van der Waals surface area contributed by atoms with E-state index in [1.54, 1.807) is 0 Å². The largest absolute Gasteiger partial charge is 0.464 e. The molecule has 2 heterocycles. The molecule has 0 aliphatic carbocycles. The smallest absolute Gasteiger partial charge is 0.237 e. The van der Waals surface area contributed by atoms with Crippen molar-refractivity contribution >= 4 is 5.91 Å². The fourth-order valence-electron chi connectivity index (χ4n) is 2.15. The Balaban J connectivity index is 1.89. The van der Waals surface area contributed by atoms with Gasteiger partial charge >= 0.3 is 0 Å². The number of furan rings is 1. The molecule has 1 fully saturated rings. The minimum Gasteiger partial charge on any atom is -0.464 e. The van der Waals surface area contributed by atoms with Crippen LogP contribution in [0.5, 0.6) is 0 Å². The molecule has 0 spiro atoms. The predicted octanol–water partition coefficient (Wildman–Crippen LogP) is 1.91. The second-order valence-corrected chi connectivity index (χ2v) is 4.68. The van der Waals surface area contributed by atoms with Crippen molar-refractivity contribution in [2.75, 3.05) is 6.54 Å². The normalized spacial score (nSPS) is 22.1. The number of aryl methyl sites for hydroxylation is 1. The quantitative estimate of drug-likeness (QED) is 0.843. The van der Waals surface area contributed by atoms with Crippen LogP contribution in [0, 0.1) is 6.92 Å². The van der Waals surface area contributed by atoms with Crippen LogP contribution in [0.25, 0.3) is 0 Å². The molecule has 1 aliphatic heterocycles. The predicted molar refractivity (Wildman–Crippen MR) is 65.6 cm³/mol. The molecule has 0 aromatic carbocycles. The Morgan fingerprint density at radius 3 is 2.94 bits per heavy atom. The highest BCUT2D eigenvalue weighted by Gasteiger charge is 2.22. The summed E-state index contributed by atoms with van der Waals surface area (Å²) in [5, 5.41) is 6.22. The van der Waals surface area contributed by atoms with Gasteiger partial charge in [-0.3, -0.25) is 4.79 Å². The molecule has 1 saturated heterocycles. The third-order valence-corrected chi connectivity index (χ3v) is 3.17. The van der Waals surface area contributed by atoms with Gasteiger partial charge in [0.15, 0.2) is 0 Å². The Morgan fingerprint density at radius 1 is 1.53 bits per heavy atom. The molecular weight excluding hydrogens is 216 g/mol. The minimum absolute atomic E-state index is 0.0396. The van der Waals surface area contributed by atoms with Crippen LogP contribution in [0.2, 0.25) is 0 Å². The number of nitrogens with one attached hydrogen (secondary N) is 2. The van der Waals surface area contributed by atoms with E-state index < -0.39 is 0 Å². The van der Waals surface area contributed by atoms with Crippen LogP contribution < -0.4 is 10.6 Å². The van der Waals surface area contributed by atoms with Crippen molar-refractivity contribution in [3.05, 3.63) is 23.7 Å². The second-order valence-electron chi connectivity index (χ2n) is 4.68. The van der Waals surface area contributed by atoms with E-state index in [-0.39, 0.29) is 18.0 Å². The summed E-state index contributed by atoms with van der Waals surface area (Å²) < 4.78 is 5.50. The third kappa shape index (κ3) is 3.09. The average Bonchev–Trinajstić information content (AvgIpc) is 2.77. The molecule has 1 amide bonds. The highest BCUT2D eigenvalue weighted by atomic mass is 16.3. The third-order valence-electron chi connectivity index (χ3n) is 3.17. The molecule has 4 heteroatoms. The van der Waals surface area contributed by atoms with Gasteiger partial charge in [-0.15, -0.1) is 0 Å². The number of hydrogen-bond donors (Lipinski definition) is 2. The summed E-state index contributed by atoms with van der Waals surface area (Å²) in [5.74, 6) is 1.76. The summed E-state index contributed by atoms with van der Waals surface area (Å²) in [6.07, 6.45) is 3.21. The summed E-state index contributed by atoms with van der Waals surface area (Å²) in [6, 6.07) is 3.72. The first kappa shape index (κ1) is 12.2. The van der Waals surface area contributed by atoms with E-state index in [4.69, 9.17) is 4.42 Å². The van der Waals surface area contributed by atoms with Crippen molar-refractivity contribution in [1.29, 1.82) is 0 Å². The molecule has 2 unspecified atom stereocenters. The standard InChI is InChI=1S/C13H20N2O2/c1-9-6-7-12(17-9)10(2)15-13(16)11-5-3-4-8-14-11/h6-7,10-11,14H,3-5,8H2,1-2H3,(H,15,16). The molecule has 0 bridgehead atoms. The van der Waals surface area contributed by atoms with E-state index >= 15 is 0 Å². The molecule has 1 aliphatic rings. The van der Waals surface area contributed by atoms with Gasteiger partial charge in [0.25, 0.3) is 0 Å². The fraction of sp³-hybridized carbons (Fsp3) is 0.615.